The van der Waals surface area contributed by atoms with Crippen molar-refractivity contribution in [2.24, 2.45) is 0 Å². The molecular formula is C17H18N4O3. The van der Waals surface area contributed by atoms with Gasteiger partial charge in [-0.15, -0.1) is 0 Å². The van der Waals surface area contributed by atoms with Gasteiger partial charge in [0.2, 0.25) is 5.91 Å². The van der Waals surface area contributed by atoms with Gasteiger partial charge in [-0.25, -0.2) is 4.68 Å². The average Bonchev–Trinajstić information content (AvgIpc) is 2.93. The molecular weight excluding hydrogens is 308 g/mol. The molecule has 7 heteroatoms. The monoisotopic (exact) mass is 326 g/mol. The molecule has 0 saturated heterocycles. The summed E-state index contributed by atoms with van der Waals surface area (Å²) in [5.74, 6) is 0.258. The van der Waals surface area contributed by atoms with Crippen LogP contribution in [0.2, 0.25) is 0 Å². The maximum Gasteiger partial charge on any atom is 0.297 e. The summed E-state index contributed by atoms with van der Waals surface area (Å²) < 4.78 is 6.17. The van der Waals surface area contributed by atoms with Gasteiger partial charge in [0.15, 0.2) is 5.52 Å². The van der Waals surface area contributed by atoms with E-state index >= 15 is 0 Å². The van der Waals surface area contributed by atoms with E-state index in [1.54, 1.807) is 13.8 Å². The standard InChI is InChI=1S/C17H18N4O3/c1-10-5-4-6-13(7-10)8-18-14(22)9-21-17(23)16-15(11(2)19-21)12(3)24-20-16/h4-7H,8-9H2,1-3H3,(H,18,22). The molecule has 0 aliphatic rings. The first-order valence-corrected chi connectivity index (χ1v) is 7.61. The Morgan fingerprint density at radius 2 is 2.08 bits per heavy atom. The lowest BCUT2D eigenvalue weighted by atomic mass is 10.1. The molecule has 0 aliphatic carbocycles. The molecule has 0 atom stereocenters. The van der Waals surface area contributed by atoms with E-state index in [-0.39, 0.29) is 18.0 Å². The van der Waals surface area contributed by atoms with Gasteiger partial charge in [0.1, 0.15) is 12.3 Å². The van der Waals surface area contributed by atoms with Gasteiger partial charge < -0.3 is 9.84 Å². The molecule has 1 N–H and O–H groups in total. The van der Waals surface area contributed by atoms with E-state index < -0.39 is 5.56 Å². The van der Waals surface area contributed by atoms with Gasteiger partial charge in [-0.3, -0.25) is 9.59 Å². The van der Waals surface area contributed by atoms with Crippen molar-refractivity contribution < 1.29 is 9.32 Å². The number of fused-ring (bicyclic) bond motifs is 1. The van der Waals surface area contributed by atoms with E-state index in [1.165, 1.54) is 0 Å². The van der Waals surface area contributed by atoms with Crippen LogP contribution in [0, 0.1) is 20.8 Å². The van der Waals surface area contributed by atoms with Crippen LogP contribution in [0.3, 0.4) is 0 Å². The number of hydrogen-bond donors (Lipinski definition) is 1. The maximum absolute atomic E-state index is 12.3. The summed E-state index contributed by atoms with van der Waals surface area (Å²) in [5, 5.41) is 11.4. The van der Waals surface area contributed by atoms with Gasteiger partial charge in [0, 0.05) is 6.54 Å². The summed E-state index contributed by atoms with van der Waals surface area (Å²) in [5.41, 5.74) is 2.50. The molecule has 2 heterocycles. The van der Waals surface area contributed by atoms with E-state index in [4.69, 9.17) is 4.52 Å². The predicted molar refractivity (Wildman–Crippen MR) is 88.6 cm³/mol. The summed E-state index contributed by atoms with van der Waals surface area (Å²) in [6, 6.07) is 7.87. The first-order chi connectivity index (χ1) is 11.5. The molecule has 0 fully saturated rings. The third kappa shape index (κ3) is 3.05. The maximum atomic E-state index is 12.3. The van der Waals surface area contributed by atoms with Gasteiger partial charge in [-0.1, -0.05) is 35.0 Å². The topological polar surface area (TPSA) is 90.0 Å². The van der Waals surface area contributed by atoms with Crippen molar-refractivity contribution >= 4 is 16.8 Å². The van der Waals surface area contributed by atoms with Crippen LogP contribution in [0.15, 0.2) is 33.6 Å². The van der Waals surface area contributed by atoms with Crippen LogP contribution in [0.1, 0.15) is 22.6 Å². The zero-order valence-corrected chi connectivity index (χ0v) is 13.8. The Labute approximate surface area is 138 Å². The molecule has 3 aromatic rings. The molecule has 2 aromatic heterocycles. The molecule has 3 rings (SSSR count). The summed E-state index contributed by atoms with van der Waals surface area (Å²) in [6.45, 7) is 5.72. The average molecular weight is 326 g/mol. The highest BCUT2D eigenvalue weighted by Crippen LogP contribution is 2.16. The smallest absolute Gasteiger partial charge is 0.297 e. The van der Waals surface area contributed by atoms with Crippen molar-refractivity contribution in [1.29, 1.82) is 0 Å². The van der Waals surface area contributed by atoms with E-state index in [0.29, 0.717) is 23.4 Å². The third-order valence-electron chi connectivity index (χ3n) is 3.80. The van der Waals surface area contributed by atoms with Crippen LogP contribution in [-0.2, 0) is 17.9 Å². The second kappa shape index (κ2) is 6.27. The number of carbonyl (C=O) groups excluding carboxylic acids is 1. The van der Waals surface area contributed by atoms with Crippen molar-refractivity contribution in [3.8, 4) is 0 Å². The first-order valence-electron chi connectivity index (χ1n) is 7.61. The van der Waals surface area contributed by atoms with E-state index in [9.17, 15) is 9.59 Å². The highest BCUT2D eigenvalue weighted by molar-refractivity contribution is 5.82. The molecule has 1 aromatic carbocycles. The molecule has 124 valence electrons. The summed E-state index contributed by atoms with van der Waals surface area (Å²) >= 11 is 0. The first kappa shape index (κ1) is 15.9. The van der Waals surface area contributed by atoms with Crippen LogP contribution >= 0.6 is 0 Å². The molecule has 0 bridgehead atoms. The number of nitrogens with zero attached hydrogens (tertiary/aromatic N) is 3. The molecule has 7 nitrogen and oxygen atoms in total. The van der Waals surface area contributed by atoms with Crippen LogP contribution < -0.4 is 10.9 Å². The third-order valence-corrected chi connectivity index (χ3v) is 3.80. The second-order valence-corrected chi connectivity index (χ2v) is 5.78. The molecule has 0 aliphatic heterocycles. The Morgan fingerprint density at radius 1 is 1.29 bits per heavy atom. The minimum atomic E-state index is -0.432. The van der Waals surface area contributed by atoms with Crippen LogP contribution in [-0.4, -0.2) is 20.8 Å². The lowest BCUT2D eigenvalue weighted by Gasteiger charge is -2.08. The van der Waals surface area contributed by atoms with E-state index in [2.05, 4.69) is 15.6 Å². The zero-order chi connectivity index (χ0) is 17.3. The number of hydrogen-bond acceptors (Lipinski definition) is 5. The SMILES string of the molecule is Cc1cccc(CNC(=O)Cn2nc(C)c3c(C)onc3c2=O)c1. The van der Waals surface area contributed by atoms with Gasteiger partial charge in [0.25, 0.3) is 5.56 Å². The minimum Gasteiger partial charge on any atom is -0.360 e. The van der Waals surface area contributed by atoms with Gasteiger partial charge in [-0.2, -0.15) is 5.10 Å². The Balaban J connectivity index is 1.76. The number of nitrogens with one attached hydrogen (secondary N) is 1. The minimum absolute atomic E-state index is 0.159. The Hall–Kier alpha value is -2.96. The molecule has 0 saturated carbocycles. The summed E-state index contributed by atoms with van der Waals surface area (Å²) in [4.78, 5) is 24.5. The summed E-state index contributed by atoms with van der Waals surface area (Å²) in [7, 11) is 0. The highest BCUT2D eigenvalue weighted by atomic mass is 16.5. The normalized spacial score (nSPS) is 11.0. The number of benzene rings is 1. The number of rotatable bonds is 4. The highest BCUT2D eigenvalue weighted by Gasteiger charge is 2.16. The van der Waals surface area contributed by atoms with E-state index in [1.807, 2.05) is 31.2 Å². The predicted octanol–water partition coefficient (Wildman–Crippen LogP) is 1.63. The van der Waals surface area contributed by atoms with Crippen LogP contribution in [0.5, 0.6) is 0 Å². The largest absolute Gasteiger partial charge is 0.360 e. The van der Waals surface area contributed by atoms with Crippen molar-refractivity contribution in [2.75, 3.05) is 0 Å². The fraction of sp³-hybridized carbons (Fsp3) is 0.294. The number of aryl methyl sites for hydroxylation is 3. The molecule has 0 spiro atoms. The van der Waals surface area contributed by atoms with Crippen LogP contribution in [0.4, 0.5) is 0 Å². The fourth-order valence-corrected chi connectivity index (χ4v) is 2.66. The van der Waals surface area contributed by atoms with Crippen LogP contribution in [0.25, 0.3) is 10.9 Å². The molecule has 24 heavy (non-hydrogen) atoms. The van der Waals surface area contributed by atoms with Crippen molar-refractivity contribution in [1.82, 2.24) is 20.3 Å². The van der Waals surface area contributed by atoms with Crippen molar-refractivity contribution in [2.45, 2.75) is 33.9 Å². The molecule has 0 unspecified atom stereocenters. The molecule has 1 amide bonds. The fourth-order valence-electron chi connectivity index (χ4n) is 2.66. The molecule has 0 radical (unpaired) electrons. The summed E-state index contributed by atoms with van der Waals surface area (Å²) in [6.07, 6.45) is 0. The lowest BCUT2D eigenvalue weighted by molar-refractivity contribution is -0.122. The van der Waals surface area contributed by atoms with Crippen molar-refractivity contribution in [3.63, 3.8) is 0 Å². The second-order valence-electron chi connectivity index (χ2n) is 5.78. The van der Waals surface area contributed by atoms with Gasteiger partial charge in [-0.05, 0) is 26.3 Å². The lowest BCUT2D eigenvalue weighted by Crippen LogP contribution is -2.34. The number of carbonyl (C=O) groups is 1. The van der Waals surface area contributed by atoms with Gasteiger partial charge in [0.05, 0.1) is 11.1 Å². The van der Waals surface area contributed by atoms with E-state index in [0.717, 1.165) is 15.8 Å². The Bertz CT molecular complexity index is 972. The van der Waals surface area contributed by atoms with Gasteiger partial charge >= 0.3 is 0 Å². The van der Waals surface area contributed by atoms with Crippen molar-refractivity contribution in [3.05, 3.63) is 57.2 Å². The quantitative estimate of drug-likeness (QED) is 0.787. The Kier molecular flexibility index (Phi) is 4.16. The Morgan fingerprint density at radius 3 is 2.83 bits per heavy atom. The number of aromatic nitrogens is 3. The zero-order valence-electron chi connectivity index (χ0n) is 13.8. The number of amides is 1.